The Morgan fingerprint density at radius 2 is 2.07 bits per heavy atom. The van der Waals surface area contributed by atoms with Gasteiger partial charge in [0, 0.05) is 0 Å². The quantitative estimate of drug-likeness (QED) is 0.454. The van der Waals surface area contributed by atoms with Crippen LogP contribution >= 0.6 is 23.2 Å². The highest BCUT2D eigenvalue weighted by atomic mass is 35.5. The molecule has 0 bridgehead atoms. The summed E-state index contributed by atoms with van der Waals surface area (Å²) in [6, 6.07) is 0. The Balaban J connectivity index is 2.85. The molecule has 0 aliphatic carbocycles. The summed E-state index contributed by atoms with van der Waals surface area (Å²) < 4.78 is 4.77. The first-order chi connectivity index (χ1) is 7.16. The molecule has 1 rings (SSSR count). The molecule has 6 heteroatoms. The summed E-state index contributed by atoms with van der Waals surface area (Å²) in [7, 11) is 0. The van der Waals surface area contributed by atoms with Gasteiger partial charge in [-0.1, -0.05) is 29.1 Å². The van der Waals surface area contributed by atoms with Crippen LogP contribution in [0.15, 0.2) is 6.33 Å². The Bertz CT molecular complexity index is 417. The summed E-state index contributed by atoms with van der Waals surface area (Å²) >= 11 is 11.3. The Labute approximate surface area is 96.6 Å². The fourth-order valence-electron chi connectivity index (χ4n) is 0.759. The van der Waals surface area contributed by atoms with Crippen molar-refractivity contribution in [3.05, 3.63) is 22.2 Å². The van der Waals surface area contributed by atoms with Crippen LogP contribution in [0, 0.1) is 11.8 Å². The predicted molar refractivity (Wildman–Crippen MR) is 55.8 cm³/mol. The Kier molecular flexibility index (Phi) is 4.35. The summed E-state index contributed by atoms with van der Waals surface area (Å²) in [5.74, 6) is 4.46. The molecule has 0 atom stereocenters. The first kappa shape index (κ1) is 11.8. The van der Waals surface area contributed by atoms with E-state index < -0.39 is 5.97 Å². The number of hydrogen-bond acceptors (Lipinski definition) is 4. The number of hydrogen-bond donors (Lipinski definition) is 0. The first-order valence-corrected chi connectivity index (χ1v) is 4.65. The molecule has 0 radical (unpaired) electrons. The fraction of sp³-hybridized carbons (Fsp3) is 0.222. The standard InChI is InChI=1S/C9H6Cl2N2O2/c1-2-3-4-15-9(14)6-7(10)12-5-13-8(6)11/h5H,4H2,1H3. The van der Waals surface area contributed by atoms with Crippen molar-refractivity contribution in [3.63, 3.8) is 0 Å². The van der Waals surface area contributed by atoms with Gasteiger partial charge in [0.2, 0.25) is 0 Å². The highest BCUT2D eigenvalue weighted by Gasteiger charge is 2.17. The Morgan fingerprint density at radius 3 is 2.60 bits per heavy atom. The number of carbonyl (C=O) groups excluding carboxylic acids is 1. The molecule has 0 aliphatic rings. The van der Waals surface area contributed by atoms with Gasteiger partial charge in [0.05, 0.1) is 0 Å². The lowest BCUT2D eigenvalue weighted by Crippen LogP contribution is -2.08. The second kappa shape index (κ2) is 5.54. The van der Waals surface area contributed by atoms with Gasteiger partial charge in [0.15, 0.2) is 6.61 Å². The van der Waals surface area contributed by atoms with E-state index in [1.807, 2.05) is 0 Å². The van der Waals surface area contributed by atoms with Gasteiger partial charge in [-0.15, -0.1) is 5.92 Å². The summed E-state index contributed by atoms with van der Waals surface area (Å²) in [5.41, 5.74) is -0.0428. The van der Waals surface area contributed by atoms with E-state index in [9.17, 15) is 4.79 Å². The van der Waals surface area contributed by atoms with Gasteiger partial charge in [-0.25, -0.2) is 14.8 Å². The largest absolute Gasteiger partial charge is 0.449 e. The van der Waals surface area contributed by atoms with Gasteiger partial charge in [-0.05, 0) is 6.92 Å². The summed E-state index contributed by atoms with van der Waals surface area (Å²) in [6.07, 6.45) is 1.16. The molecule has 0 aromatic carbocycles. The second-order valence-electron chi connectivity index (χ2n) is 2.33. The lowest BCUT2D eigenvalue weighted by atomic mass is 10.3. The van der Waals surface area contributed by atoms with E-state index in [2.05, 4.69) is 21.8 Å². The van der Waals surface area contributed by atoms with E-state index in [0.29, 0.717) is 0 Å². The van der Waals surface area contributed by atoms with Crippen molar-refractivity contribution >= 4 is 29.2 Å². The van der Waals surface area contributed by atoms with Crippen LogP contribution in [0.1, 0.15) is 17.3 Å². The van der Waals surface area contributed by atoms with Gasteiger partial charge < -0.3 is 4.74 Å². The van der Waals surface area contributed by atoms with Crippen molar-refractivity contribution < 1.29 is 9.53 Å². The van der Waals surface area contributed by atoms with Crippen molar-refractivity contribution in [2.24, 2.45) is 0 Å². The third-order valence-electron chi connectivity index (χ3n) is 1.41. The lowest BCUT2D eigenvalue weighted by molar-refractivity contribution is 0.0556. The minimum Gasteiger partial charge on any atom is -0.449 e. The zero-order chi connectivity index (χ0) is 11.3. The van der Waals surface area contributed by atoms with Crippen molar-refractivity contribution in [1.29, 1.82) is 0 Å². The van der Waals surface area contributed by atoms with Crippen LogP contribution in [0.5, 0.6) is 0 Å². The van der Waals surface area contributed by atoms with Gasteiger partial charge in [0.1, 0.15) is 22.2 Å². The number of carbonyl (C=O) groups is 1. The number of nitrogens with zero attached hydrogens (tertiary/aromatic N) is 2. The van der Waals surface area contributed by atoms with Crippen LogP contribution in [0.2, 0.25) is 10.3 Å². The maximum absolute atomic E-state index is 11.4. The smallest absolute Gasteiger partial charge is 0.345 e. The number of halogens is 2. The molecule has 0 saturated carbocycles. The molecule has 0 spiro atoms. The third-order valence-corrected chi connectivity index (χ3v) is 1.98. The molecule has 1 aromatic heterocycles. The summed E-state index contributed by atoms with van der Waals surface area (Å²) in [5, 5.41) is -0.0751. The second-order valence-corrected chi connectivity index (χ2v) is 3.05. The Morgan fingerprint density at radius 1 is 1.47 bits per heavy atom. The van der Waals surface area contributed by atoms with Crippen LogP contribution in [-0.4, -0.2) is 22.5 Å². The zero-order valence-corrected chi connectivity index (χ0v) is 9.26. The van der Waals surface area contributed by atoms with Crippen LogP contribution in [0.4, 0.5) is 0 Å². The maximum atomic E-state index is 11.4. The van der Waals surface area contributed by atoms with Gasteiger partial charge in [-0.3, -0.25) is 0 Å². The number of ether oxygens (including phenoxy) is 1. The van der Waals surface area contributed by atoms with Crippen molar-refractivity contribution in [1.82, 2.24) is 9.97 Å². The first-order valence-electron chi connectivity index (χ1n) is 3.89. The molecular formula is C9H6Cl2N2O2. The minimum absolute atomic E-state index is 0.0170. The highest BCUT2D eigenvalue weighted by Crippen LogP contribution is 2.20. The number of esters is 1. The average Bonchev–Trinajstić information content (AvgIpc) is 2.18. The van der Waals surface area contributed by atoms with Crippen molar-refractivity contribution in [3.8, 4) is 11.8 Å². The van der Waals surface area contributed by atoms with Crippen LogP contribution in [0.3, 0.4) is 0 Å². The number of rotatable bonds is 2. The van der Waals surface area contributed by atoms with Gasteiger partial charge >= 0.3 is 5.97 Å². The average molecular weight is 245 g/mol. The molecule has 0 amide bonds. The lowest BCUT2D eigenvalue weighted by Gasteiger charge is -2.03. The SMILES string of the molecule is CC#CCOC(=O)c1c(Cl)ncnc1Cl. The molecule has 0 aliphatic heterocycles. The van der Waals surface area contributed by atoms with E-state index in [-0.39, 0.29) is 22.5 Å². The minimum atomic E-state index is -0.687. The summed E-state index contributed by atoms with van der Waals surface area (Å²) in [6.45, 7) is 1.62. The molecule has 0 unspecified atom stereocenters. The molecule has 0 saturated heterocycles. The topological polar surface area (TPSA) is 52.1 Å². The fourth-order valence-corrected chi connectivity index (χ4v) is 1.23. The number of aromatic nitrogens is 2. The molecule has 0 fully saturated rings. The molecular weight excluding hydrogens is 239 g/mol. The van der Waals surface area contributed by atoms with Crippen molar-refractivity contribution in [2.45, 2.75) is 6.92 Å². The van der Waals surface area contributed by atoms with Gasteiger partial charge in [-0.2, -0.15) is 0 Å². The van der Waals surface area contributed by atoms with E-state index in [1.165, 1.54) is 0 Å². The molecule has 78 valence electrons. The van der Waals surface area contributed by atoms with Crippen LogP contribution in [-0.2, 0) is 4.74 Å². The maximum Gasteiger partial charge on any atom is 0.345 e. The zero-order valence-electron chi connectivity index (χ0n) is 7.75. The van der Waals surface area contributed by atoms with E-state index >= 15 is 0 Å². The molecule has 1 heterocycles. The van der Waals surface area contributed by atoms with E-state index in [0.717, 1.165) is 6.33 Å². The van der Waals surface area contributed by atoms with Crippen LogP contribution in [0.25, 0.3) is 0 Å². The predicted octanol–water partition coefficient (Wildman–Crippen LogP) is 1.96. The summed E-state index contributed by atoms with van der Waals surface area (Å²) in [4.78, 5) is 18.7. The van der Waals surface area contributed by atoms with E-state index in [1.54, 1.807) is 6.92 Å². The Hall–Kier alpha value is -1.31. The monoisotopic (exact) mass is 244 g/mol. The molecule has 4 nitrogen and oxygen atoms in total. The molecule has 1 aromatic rings. The molecule has 15 heavy (non-hydrogen) atoms. The van der Waals surface area contributed by atoms with Crippen LogP contribution < -0.4 is 0 Å². The van der Waals surface area contributed by atoms with E-state index in [4.69, 9.17) is 27.9 Å². The van der Waals surface area contributed by atoms with Gasteiger partial charge in [0.25, 0.3) is 0 Å². The van der Waals surface area contributed by atoms with Crippen molar-refractivity contribution in [2.75, 3.05) is 6.61 Å². The third kappa shape index (κ3) is 3.08. The molecule has 0 N–H and O–H groups in total. The highest BCUT2D eigenvalue weighted by molar-refractivity contribution is 6.37. The normalized spacial score (nSPS) is 9.00.